The molecule has 0 spiro atoms. The first-order valence-electron chi connectivity index (χ1n) is 27.1. The topological polar surface area (TPSA) is 116 Å². The first-order chi connectivity index (χ1) is 29.8. The molecule has 0 saturated heterocycles. The summed E-state index contributed by atoms with van der Waals surface area (Å²) in [5.74, 6) is -0.222. The van der Waals surface area contributed by atoms with Gasteiger partial charge < -0.3 is 20.2 Å². The molecule has 2 atom stereocenters. The van der Waals surface area contributed by atoms with Crippen LogP contribution in [0.3, 0.4) is 0 Å². The Morgan fingerprint density at radius 2 is 0.721 bits per heavy atom. The molecule has 364 valence electrons. The van der Waals surface area contributed by atoms with Gasteiger partial charge in [-0.2, -0.15) is 0 Å². The molecule has 0 aliphatic carbocycles. The highest BCUT2D eigenvalue weighted by molar-refractivity contribution is 7.46. The monoisotopic (exact) mass is 884 g/mol. The van der Waals surface area contributed by atoms with Crippen molar-refractivity contribution in [3.05, 3.63) is 12.2 Å². The molecule has 0 bridgehead atoms. The number of carbonyl (C=O) groups excluding carboxylic acids is 1. The van der Waals surface area contributed by atoms with E-state index in [0.29, 0.717) is 6.42 Å². The van der Waals surface area contributed by atoms with Crippen LogP contribution in [0, 0.1) is 0 Å². The molecule has 0 fully saturated rings. The fourth-order valence-corrected chi connectivity index (χ4v) is 9.00. The number of phosphoric ester groups is 1. The van der Waals surface area contributed by atoms with Gasteiger partial charge in [0.05, 0.1) is 18.8 Å². The Morgan fingerprint density at radius 3 is 1.00 bits per heavy atom. The van der Waals surface area contributed by atoms with Crippen molar-refractivity contribution in [3.8, 4) is 0 Å². The number of carbonyl (C=O) groups is 1. The van der Waals surface area contributed by atoms with E-state index in [1.165, 1.54) is 244 Å². The van der Waals surface area contributed by atoms with Gasteiger partial charge in [0.1, 0.15) is 0 Å². The lowest BCUT2D eigenvalue weighted by atomic mass is 10.0. The minimum absolute atomic E-state index is 0.222. The summed E-state index contributed by atoms with van der Waals surface area (Å²) in [5, 5.41) is 13.4. The molecule has 4 N–H and O–H groups in total. The number of hydrogen-bond acceptors (Lipinski definition) is 4. The van der Waals surface area contributed by atoms with Crippen LogP contribution in [0.2, 0.25) is 0 Å². The number of hydrogen-bond donors (Lipinski definition) is 4. The van der Waals surface area contributed by atoms with E-state index in [4.69, 9.17) is 9.79 Å². The molecule has 0 aliphatic heterocycles. The van der Waals surface area contributed by atoms with Crippen molar-refractivity contribution in [2.24, 2.45) is 0 Å². The minimum Gasteiger partial charge on any atom is -0.387 e. The van der Waals surface area contributed by atoms with Crippen LogP contribution >= 0.6 is 7.82 Å². The molecule has 8 heteroatoms. The maximum absolute atomic E-state index is 12.6. The van der Waals surface area contributed by atoms with Crippen LogP contribution < -0.4 is 5.32 Å². The number of amides is 1. The van der Waals surface area contributed by atoms with Gasteiger partial charge >= 0.3 is 7.82 Å². The molecule has 0 aromatic heterocycles. The number of nitrogens with one attached hydrogen (secondary N) is 1. The van der Waals surface area contributed by atoms with Gasteiger partial charge in [-0.1, -0.05) is 289 Å². The first kappa shape index (κ1) is 60.3. The molecule has 0 heterocycles. The van der Waals surface area contributed by atoms with E-state index >= 15 is 0 Å². The quantitative estimate of drug-likeness (QED) is 0.0275. The highest BCUT2D eigenvalue weighted by Gasteiger charge is 2.24. The summed E-state index contributed by atoms with van der Waals surface area (Å²) in [7, 11) is -4.71. The van der Waals surface area contributed by atoms with Crippen molar-refractivity contribution in [2.45, 2.75) is 315 Å². The average molecular weight is 884 g/mol. The molecular formula is C53H106NO6P. The summed E-state index contributed by atoms with van der Waals surface area (Å²) in [6.07, 6.45) is 61.8. The molecule has 0 saturated carbocycles. The maximum Gasteiger partial charge on any atom is 0.469 e. The van der Waals surface area contributed by atoms with Crippen LogP contribution in [0.4, 0.5) is 0 Å². The van der Waals surface area contributed by atoms with Gasteiger partial charge in [0.15, 0.2) is 0 Å². The van der Waals surface area contributed by atoms with Gasteiger partial charge in [-0.3, -0.25) is 9.32 Å². The zero-order valence-electron chi connectivity index (χ0n) is 40.8. The van der Waals surface area contributed by atoms with Crippen LogP contribution in [0.5, 0.6) is 0 Å². The molecule has 7 nitrogen and oxygen atoms in total. The second kappa shape index (κ2) is 48.7. The lowest BCUT2D eigenvalue weighted by Crippen LogP contribution is -2.45. The van der Waals surface area contributed by atoms with Crippen molar-refractivity contribution >= 4 is 13.7 Å². The molecule has 0 radical (unpaired) electrons. The summed E-state index contributed by atoms with van der Waals surface area (Å²) >= 11 is 0. The standard InChI is InChI=1S/C53H106NO6P/c1-3-5-7-9-11-13-14-15-16-17-18-19-20-21-22-23-24-25-26-27-28-29-30-31-32-33-34-35-36-37-38-39-41-43-45-47-49-53(56)54-51(50-60-61(57,58)59)52(55)48-46-44-42-40-12-10-8-6-4-2/h46,48,51-52,55H,3-45,47,49-50H2,1-2H3,(H,54,56)(H2,57,58,59)/b48-46+/t51-,52+/m0/s1. The summed E-state index contributed by atoms with van der Waals surface area (Å²) in [6.45, 7) is 4.07. The largest absolute Gasteiger partial charge is 0.469 e. The lowest BCUT2D eigenvalue weighted by molar-refractivity contribution is -0.123. The van der Waals surface area contributed by atoms with Gasteiger partial charge in [0.25, 0.3) is 0 Å². The number of phosphoric acid groups is 1. The predicted molar refractivity (Wildman–Crippen MR) is 264 cm³/mol. The van der Waals surface area contributed by atoms with Crippen molar-refractivity contribution in [3.63, 3.8) is 0 Å². The van der Waals surface area contributed by atoms with Crippen LogP contribution in [0.1, 0.15) is 303 Å². The normalized spacial score (nSPS) is 13.1. The van der Waals surface area contributed by atoms with Crippen LogP contribution in [0.25, 0.3) is 0 Å². The molecule has 0 aromatic carbocycles. The van der Waals surface area contributed by atoms with E-state index in [1.54, 1.807) is 6.08 Å². The Labute approximate surface area is 380 Å². The van der Waals surface area contributed by atoms with E-state index in [0.717, 1.165) is 38.5 Å². The van der Waals surface area contributed by atoms with Gasteiger partial charge in [0, 0.05) is 6.42 Å². The molecule has 0 aromatic rings. The molecule has 61 heavy (non-hydrogen) atoms. The smallest absolute Gasteiger partial charge is 0.387 e. The summed E-state index contributed by atoms with van der Waals surface area (Å²) < 4.78 is 15.9. The third-order valence-corrected chi connectivity index (χ3v) is 13.2. The summed E-state index contributed by atoms with van der Waals surface area (Å²) in [4.78, 5) is 30.9. The fraction of sp³-hybridized carbons (Fsp3) is 0.943. The highest BCUT2D eigenvalue weighted by Crippen LogP contribution is 2.36. The second-order valence-corrected chi connectivity index (χ2v) is 20.2. The number of allylic oxidation sites excluding steroid dienone is 1. The average Bonchev–Trinajstić information content (AvgIpc) is 3.24. The molecule has 1 amide bonds. The number of aliphatic hydroxyl groups is 1. The van der Waals surface area contributed by atoms with Gasteiger partial charge in [-0.15, -0.1) is 0 Å². The van der Waals surface area contributed by atoms with E-state index in [2.05, 4.69) is 23.7 Å². The van der Waals surface area contributed by atoms with Crippen LogP contribution in [-0.4, -0.2) is 39.6 Å². The van der Waals surface area contributed by atoms with Crippen LogP contribution in [-0.2, 0) is 13.9 Å². The number of rotatable bonds is 51. The predicted octanol–water partition coefficient (Wildman–Crippen LogP) is 17.1. The zero-order valence-corrected chi connectivity index (χ0v) is 41.7. The van der Waals surface area contributed by atoms with E-state index < -0.39 is 26.6 Å². The Kier molecular flexibility index (Phi) is 48.2. The van der Waals surface area contributed by atoms with E-state index in [1.807, 2.05) is 6.08 Å². The van der Waals surface area contributed by atoms with Crippen molar-refractivity contribution < 1.29 is 28.8 Å². The van der Waals surface area contributed by atoms with Crippen molar-refractivity contribution in [1.29, 1.82) is 0 Å². The Bertz CT molecular complexity index is 957. The summed E-state index contributed by atoms with van der Waals surface area (Å²) in [6, 6.07) is -0.904. The SMILES string of the molecule is CCCCCCCCC/C=C/[C@@H](O)[C@H](COP(=O)(O)O)NC(=O)CCCCCCCCCCCCCCCCCCCCCCCCCCCCCCCCCCCCCC. The first-order valence-corrected chi connectivity index (χ1v) is 28.7. The highest BCUT2D eigenvalue weighted by atomic mass is 31.2. The maximum atomic E-state index is 12.6. The third kappa shape index (κ3) is 50.1. The van der Waals surface area contributed by atoms with E-state index in [-0.39, 0.29) is 5.91 Å². The van der Waals surface area contributed by atoms with Gasteiger partial charge in [-0.05, 0) is 19.3 Å². The van der Waals surface area contributed by atoms with E-state index in [9.17, 15) is 14.5 Å². The minimum atomic E-state index is -4.71. The Hall–Kier alpha value is -0.720. The molecular weight excluding hydrogens is 778 g/mol. The molecule has 0 unspecified atom stereocenters. The zero-order chi connectivity index (χ0) is 44.6. The molecule has 0 aliphatic rings. The van der Waals surface area contributed by atoms with Gasteiger partial charge in [-0.25, -0.2) is 4.57 Å². The third-order valence-electron chi connectivity index (χ3n) is 12.7. The number of unbranched alkanes of at least 4 members (excludes halogenated alkanes) is 42. The van der Waals surface area contributed by atoms with Crippen molar-refractivity contribution in [1.82, 2.24) is 5.32 Å². The van der Waals surface area contributed by atoms with Crippen molar-refractivity contribution in [2.75, 3.05) is 6.61 Å². The second-order valence-electron chi connectivity index (χ2n) is 18.9. The Morgan fingerprint density at radius 1 is 0.459 bits per heavy atom. The van der Waals surface area contributed by atoms with Crippen LogP contribution in [0.15, 0.2) is 12.2 Å². The fourth-order valence-electron chi connectivity index (χ4n) is 8.64. The molecule has 0 rings (SSSR count). The van der Waals surface area contributed by atoms with Gasteiger partial charge in [0.2, 0.25) is 5.91 Å². The Balaban J connectivity index is 3.53. The lowest BCUT2D eigenvalue weighted by Gasteiger charge is -2.22. The summed E-state index contributed by atoms with van der Waals surface area (Å²) in [5.41, 5.74) is 0. The number of aliphatic hydroxyl groups excluding tert-OH is 1.